The monoisotopic (exact) mass is 1800 g/mol. The number of rotatable bonds is 13. The summed E-state index contributed by atoms with van der Waals surface area (Å²) >= 11 is 1.90. The molecule has 0 unspecified atom stereocenters. The highest BCUT2D eigenvalue weighted by Gasteiger charge is 2.29. The van der Waals surface area contributed by atoms with Crippen LogP contribution in [0.5, 0.6) is 0 Å². The average molecular weight is 1810 g/mol. The van der Waals surface area contributed by atoms with Crippen molar-refractivity contribution in [3.63, 3.8) is 0 Å². The van der Waals surface area contributed by atoms with Crippen molar-refractivity contribution in [3.8, 4) is 89.5 Å². The van der Waals surface area contributed by atoms with Crippen LogP contribution < -0.4 is 0 Å². The van der Waals surface area contributed by atoms with Gasteiger partial charge in [0.1, 0.15) is 11.2 Å². The second-order valence-electron chi connectivity index (χ2n) is 37.6. The van der Waals surface area contributed by atoms with E-state index in [-0.39, 0.29) is 33.4 Å². The van der Waals surface area contributed by atoms with E-state index in [0.29, 0.717) is 28.9 Å². The quantitative estimate of drug-likeness (QED) is 0.113. The van der Waals surface area contributed by atoms with Crippen molar-refractivity contribution in [2.24, 2.45) is 0 Å². The summed E-state index contributed by atoms with van der Waals surface area (Å²) in [5, 5.41) is 12.5. The maximum absolute atomic E-state index is 9.55. The van der Waals surface area contributed by atoms with Crippen molar-refractivity contribution in [3.05, 3.63) is 447 Å². The van der Waals surface area contributed by atoms with Gasteiger partial charge >= 0.3 is 0 Å². The number of benzene rings is 19. The summed E-state index contributed by atoms with van der Waals surface area (Å²) in [5.41, 5.74) is 27.4. The van der Waals surface area contributed by atoms with Crippen molar-refractivity contribution in [1.29, 1.82) is 0 Å². The largest absolute Gasteiger partial charge is 0.455 e. The van der Waals surface area contributed by atoms with Crippen molar-refractivity contribution in [2.45, 2.75) is 114 Å². The van der Waals surface area contributed by atoms with Crippen LogP contribution in [0, 0.1) is 0 Å². The Bertz CT molecular complexity index is 9440. The second-order valence-corrected chi connectivity index (χ2v) is 38.7. The van der Waals surface area contributed by atoms with Gasteiger partial charge < -0.3 is 22.7 Å². The molecule has 6 heterocycles. The van der Waals surface area contributed by atoms with Crippen LogP contribution in [-0.4, -0.2) is 18.3 Å². The molecule has 0 bridgehead atoms. The number of aromatic nitrogens is 4. The number of hydrogen-bond donors (Lipinski definition) is 0. The highest BCUT2D eigenvalue weighted by atomic mass is 32.1. The lowest BCUT2D eigenvalue weighted by atomic mass is 9.84. The third-order valence-corrected chi connectivity index (χ3v) is 31.2. The molecule has 0 aliphatic heterocycles. The van der Waals surface area contributed by atoms with Gasteiger partial charge in [0.2, 0.25) is 0 Å². The van der Waals surface area contributed by atoms with Crippen molar-refractivity contribution < 1.29 is 20.9 Å². The second kappa shape index (κ2) is 35.6. The van der Waals surface area contributed by atoms with Gasteiger partial charge in [-0.05, 0) is 221 Å². The third kappa shape index (κ3) is 14.4. The van der Waals surface area contributed by atoms with Crippen molar-refractivity contribution in [1.82, 2.24) is 18.3 Å². The molecule has 3 fully saturated rings. The molecule has 3 aliphatic rings. The summed E-state index contributed by atoms with van der Waals surface area (Å²) in [6, 6.07) is 122. The topological polar surface area (TPSA) is 32.9 Å². The molecule has 3 saturated carbocycles. The van der Waals surface area contributed by atoms with Crippen LogP contribution in [0.15, 0.2) is 435 Å². The predicted molar refractivity (Wildman–Crippen MR) is 587 cm³/mol. The smallest absolute Gasteiger partial charge is 0.143 e. The highest BCUT2D eigenvalue weighted by Crippen LogP contribution is 2.51. The van der Waals surface area contributed by atoms with Crippen LogP contribution in [0.4, 0.5) is 0 Å². The van der Waals surface area contributed by atoms with Crippen molar-refractivity contribution in [2.75, 3.05) is 0 Å². The highest BCUT2D eigenvalue weighted by molar-refractivity contribution is 7.26. The minimum absolute atomic E-state index is 0.0295. The summed E-state index contributed by atoms with van der Waals surface area (Å²) in [6.07, 6.45) is 19.5. The van der Waals surface area contributed by atoms with Gasteiger partial charge in [0, 0.05) is 108 Å². The molecular weight excluding hydrogens is 1690 g/mol. The Morgan fingerprint density at radius 1 is 0.225 bits per heavy atom. The van der Waals surface area contributed by atoms with Gasteiger partial charge in [0.05, 0.1) is 77.6 Å². The van der Waals surface area contributed by atoms with Crippen LogP contribution in [-0.2, 0) is 0 Å². The third-order valence-electron chi connectivity index (χ3n) is 30.0. The van der Waals surface area contributed by atoms with Gasteiger partial charge in [-0.15, -0.1) is 11.3 Å². The molecule has 138 heavy (non-hydrogen) atoms. The van der Waals surface area contributed by atoms with E-state index in [4.69, 9.17) is 15.4 Å². The molecular formula is C132H104N4OS. The Labute approximate surface area is 825 Å². The molecule has 664 valence electrons. The van der Waals surface area contributed by atoms with Gasteiger partial charge in [-0.25, -0.2) is 0 Å². The Morgan fingerprint density at radius 3 is 1.07 bits per heavy atom. The summed E-state index contributed by atoms with van der Waals surface area (Å²) in [6.45, 7) is 0. The number of thiophene rings is 1. The van der Waals surface area contributed by atoms with Crippen LogP contribution in [0.2, 0.25) is 0 Å². The molecule has 3 aliphatic carbocycles. The molecule has 6 heteroatoms. The van der Waals surface area contributed by atoms with Crippen LogP contribution >= 0.6 is 11.3 Å². The Morgan fingerprint density at radius 2 is 0.580 bits per heavy atom. The fourth-order valence-corrected chi connectivity index (χ4v) is 24.9. The maximum atomic E-state index is 9.55. The van der Waals surface area contributed by atoms with E-state index in [1.807, 2.05) is 65.9 Å². The SMILES string of the molecule is [2H]c1c([2H])c([2H])c(-n2c3c([2H])c([2H])c([2H])c([2H])c3c3c(-c4ccccc4-c4ccccc4-n4c5ccccc5c5cc(C6CCCCC6)ccc54)c([2H])c([2H])c([2H])c32)c([2H])c1[2H].c1ccc(-c2cccc3c2oc2ccccc23)c(-c2ccccc2-n2c3ccccc3c3cc(C4CCCCC4)ccc32)c1.c1ccc(-c2cccc3c2sc2ccccc23)c(-c2ccccc2-n2c3ccccc3c3cc(C4CCCCC4)ccc32)c1. The maximum Gasteiger partial charge on any atom is 0.143 e. The minimum atomic E-state index is -0.677. The van der Waals surface area contributed by atoms with Gasteiger partial charge in [0.25, 0.3) is 0 Å². The van der Waals surface area contributed by atoms with Gasteiger partial charge in [-0.1, -0.05) is 379 Å². The Kier molecular flexibility index (Phi) is 18.3. The molecule has 25 aromatic rings. The zero-order valence-electron chi connectivity index (χ0n) is 88.5. The van der Waals surface area contributed by atoms with Gasteiger partial charge in [0.15, 0.2) is 0 Å². The van der Waals surface area contributed by atoms with E-state index >= 15 is 0 Å². The fourth-order valence-electron chi connectivity index (χ4n) is 23.6. The van der Waals surface area contributed by atoms with E-state index in [1.54, 1.807) is 12.1 Å². The molecule has 0 amide bonds. The summed E-state index contributed by atoms with van der Waals surface area (Å²) in [5.74, 6) is 1.88. The van der Waals surface area contributed by atoms with Crippen LogP contribution in [0.3, 0.4) is 0 Å². The molecule has 0 spiro atoms. The Balaban J connectivity index is 0.000000116. The number of fused-ring (bicyclic) bond motifs is 18. The molecule has 0 saturated heterocycles. The molecule has 28 rings (SSSR count). The fraction of sp³-hybridized carbons (Fsp3) is 0.136. The molecule has 19 aromatic carbocycles. The first-order valence-corrected chi connectivity index (χ1v) is 49.9. The number of para-hydroxylation sites is 10. The van der Waals surface area contributed by atoms with E-state index < -0.39 is 72.2 Å². The lowest BCUT2D eigenvalue weighted by molar-refractivity contribution is 0.444. The van der Waals surface area contributed by atoms with Gasteiger partial charge in [-0.3, -0.25) is 0 Å². The molecule has 0 N–H and O–H groups in total. The van der Waals surface area contributed by atoms with E-state index in [2.05, 4.69) is 305 Å². The molecule has 5 nitrogen and oxygen atoms in total. The predicted octanol–water partition coefficient (Wildman–Crippen LogP) is 37.9. The molecule has 0 atom stereocenters. The summed E-state index contributed by atoms with van der Waals surface area (Å²) < 4.78 is 125. The van der Waals surface area contributed by atoms with E-state index in [1.165, 1.54) is 227 Å². The molecule has 0 radical (unpaired) electrons. The molecule has 6 aromatic heterocycles. The Hall–Kier alpha value is -15.6. The number of hydrogen-bond acceptors (Lipinski definition) is 2. The van der Waals surface area contributed by atoms with E-state index in [9.17, 15) is 5.48 Å². The summed E-state index contributed by atoms with van der Waals surface area (Å²) in [7, 11) is 0. The number of furan rings is 1. The normalized spacial score (nSPS) is 15.4. The standard InChI is InChI=1S/C48H38N2.C42H33NO.C42H33NS/c1-3-16-33(17-4-1)34-30-31-46-42(32-34)39-23-10-13-27-44(39)50(46)43-26-12-9-22-38(43)36-20-7-8-21-37(36)40-25-15-29-47-48(40)41-24-11-14-28-45(41)49(47)35-18-5-2-6-19-35;2*1-2-13-28(14-3-1)29-25-26-40-37(27-29)33-18-7-10-23-39(33)43(40)38-22-9-6-17-32(38)30-15-4-5-16-31(30)35-20-12-21-36-34-19-8-11-24-41(34)44-42(35)36/h2,5-15,18-33H,1,3-4,16-17H2;2*4-12,15-28H,1-3,13-14H2/i2D,5D,6D,11D,14D,15D,18D,19D,24D,25D,28D,29D;;. The zero-order chi connectivity index (χ0) is 102. The van der Waals surface area contributed by atoms with Crippen LogP contribution in [0.25, 0.3) is 219 Å². The first-order chi connectivity index (χ1) is 73.5. The zero-order valence-corrected chi connectivity index (χ0v) is 77.3. The average Bonchev–Trinajstić information content (AvgIpc) is 1.53. The van der Waals surface area contributed by atoms with E-state index in [0.717, 1.165) is 65.1 Å². The lowest BCUT2D eigenvalue weighted by Crippen LogP contribution is -2.04. The van der Waals surface area contributed by atoms with Crippen molar-refractivity contribution >= 4 is 141 Å². The van der Waals surface area contributed by atoms with Gasteiger partial charge in [-0.2, -0.15) is 0 Å². The number of nitrogens with zero attached hydrogens (tertiary/aromatic N) is 4. The summed E-state index contributed by atoms with van der Waals surface area (Å²) in [4.78, 5) is 0. The lowest BCUT2D eigenvalue weighted by Gasteiger charge is -2.22. The first-order valence-electron chi connectivity index (χ1n) is 55.1. The first kappa shape index (κ1) is 71.0. The van der Waals surface area contributed by atoms with Crippen LogP contribution in [0.1, 0.15) is 147 Å². The minimum Gasteiger partial charge on any atom is -0.455 e.